The van der Waals surface area contributed by atoms with Gasteiger partial charge in [-0.2, -0.15) is 13.2 Å². The smallest absolute Gasteiger partial charge is 0.416 e. The Morgan fingerprint density at radius 2 is 1.93 bits per heavy atom. The molecule has 0 saturated heterocycles. The molecular weight excluding hydrogens is 383 g/mol. The van der Waals surface area contributed by atoms with E-state index in [0.717, 1.165) is 24.3 Å². The second-order valence-electron chi connectivity index (χ2n) is 6.12. The molecule has 152 valence electrons. The van der Waals surface area contributed by atoms with Gasteiger partial charge in [0.2, 0.25) is 0 Å². The van der Waals surface area contributed by atoms with Crippen LogP contribution in [0.3, 0.4) is 0 Å². The highest BCUT2D eigenvalue weighted by Gasteiger charge is 2.30. The lowest BCUT2D eigenvalue weighted by atomic mass is 10.1. The van der Waals surface area contributed by atoms with Crippen molar-refractivity contribution in [3.63, 3.8) is 0 Å². The van der Waals surface area contributed by atoms with E-state index in [4.69, 9.17) is 10.5 Å². The lowest BCUT2D eigenvalue weighted by Crippen LogP contribution is -2.27. The highest BCUT2D eigenvalue weighted by molar-refractivity contribution is 5.93. The Bertz CT molecular complexity index is 840. The summed E-state index contributed by atoms with van der Waals surface area (Å²) in [4.78, 5) is 11.2. The fourth-order valence-electron chi connectivity index (χ4n) is 2.63. The second kappa shape index (κ2) is 8.90. The fourth-order valence-corrected chi connectivity index (χ4v) is 2.63. The number of ether oxygens (including phenoxy) is 1. The predicted octanol–water partition coefficient (Wildman–Crippen LogP) is 4.74. The molecule has 2 aromatic carbocycles. The summed E-state index contributed by atoms with van der Waals surface area (Å²) in [6, 6.07) is 6.09. The van der Waals surface area contributed by atoms with Gasteiger partial charge >= 0.3 is 6.18 Å². The van der Waals surface area contributed by atoms with Gasteiger partial charge in [0, 0.05) is 5.69 Å². The minimum absolute atomic E-state index is 0.120. The van der Waals surface area contributed by atoms with Gasteiger partial charge in [-0.3, -0.25) is 4.79 Å². The normalized spacial score (nSPS) is 12.5. The third-order valence-corrected chi connectivity index (χ3v) is 3.94. The molecule has 28 heavy (non-hydrogen) atoms. The summed E-state index contributed by atoms with van der Waals surface area (Å²) >= 11 is 0. The fraction of sp³-hybridized carbons (Fsp3) is 0.316. The van der Waals surface area contributed by atoms with E-state index < -0.39 is 40.9 Å². The summed E-state index contributed by atoms with van der Waals surface area (Å²) < 4.78 is 71.6. The Labute approximate surface area is 158 Å². The summed E-state index contributed by atoms with van der Waals surface area (Å²) in [5.74, 6) is -3.97. The number of carbonyl (C=O) groups excluding carboxylic acids is 1. The van der Waals surface area contributed by atoms with Gasteiger partial charge < -0.3 is 15.8 Å². The van der Waals surface area contributed by atoms with E-state index in [0.29, 0.717) is 12.8 Å². The lowest BCUT2D eigenvalue weighted by molar-refractivity contribution is -0.137. The summed E-state index contributed by atoms with van der Waals surface area (Å²) in [7, 11) is 0. The van der Waals surface area contributed by atoms with Crippen LogP contribution in [-0.2, 0) is 6.18 Å². The third-order valence-electron chi connectivity index (χ3n) is 3.94. The number of nitrogens with two attached hydrogens (primary N) is 1. The molecule has 0 aromatic heterocycles. The number of alkyl halides is 3. The van der Waals surface area contributed by atoms with Gasteiger partial charge in [-0.15, -0.1) is 0 Å². The molecule has 0 saturated carbocycles. The number of nitrogens with one attached hydrogen (secondary N) is 1. The molecule has 1 unspecified atom stereocenters. The zero-order chi connectivity index (χ0) is 20.9. The summed E-state index contributed by atoms with van der Waals surface area (Å²) in [5, 5.41) is 2.92. The van der Waals surface area contributed by atoms with E-state index in [1.165, 1.54) is 12.1 Å². The number of halogens is 5. The first-order valence-electron chi connectivity index (χ1n) is 8.47. The summed E-state index contributed by atoms with van der Waals surface area (Å²) in [6.07, 6.45) is -3.28. The molecule has 2 aromatic rings. The Morgan fingerprint density at radius 3 is 2.54 bits per heavy atom. The maximum atomic E-state index is 14.2. The van der Waals surface area contributed by atoms with Crippen LogP contribution in [0, 0.1) is 11.6 Å². The number of amides is 1. The summed E-state index contributed by atoms with van der Waals surface area (Å²) in [6.45, 7) is 1.75. The van der Waals surface area contributed by atoms with Crippen molar-refractivity contribution in [2.45, 2.75) is 32.0 Å². The number of primary amides is 1. The highest BCUT2D eigenvalue weighted by atomic mass is 19.4. The molecule has 2 rings (SSSR count). The number of benzene rings is 2. The molecule has 9 heteroatoms. The van der Waals surface area contributed by atoms with E-state index in [1.54, 1.807) is 0 Å². The number of carbonyl (C=O) groups is 1. The Morgan fingerprint density at radius 1 is 1.21 bits per heavy atom. The van der Waals surface area contributed by atoms with Crippen molar-refractivity contribution in [3.05, 3.63) is 59.2 Å². The molecule has 0 spiro atoms. The predicted molar refractivity (Wildman–Crippen MR) is 94.1 cm³/mol. The lowest BCUT2D eigenvalue weighted by Gasteiger charge is -2.21. The van der Waals surface area contributed by atoms with Crippen molar-refractivity contribution in [2.75, 3.05) is 11.9 Å². The van der Waals surface area contributed by atoms with Crippen molar-refractivity contribution in [2.24, 2.45) is 5.73 Å². The van der Waals surface area contributed by atoms with Crippen molar-refractivity contribution in [1.82, 2.24) is 0 Å². The van der Waals surface area contributed by atoms with E-state index in [1.807, 2.05) is 6.92 Å². The maximum absolute atomic E-state index is 14.2. The molecule has 0 heterocycles. The van der Waals surface area contributed by atoms with Gasteiger partial charge in [-0.05, 0) is 36.8 Å². The third kappa shape index (κ3) is 5.34. The highest BCUT2D eigenvalue weighted by Crippen LogP contribution is 2.31. The standard InChI is InChI=1S/C19H19F5N2O2/c1-2-4-13(26-12-6-3-5-11(9-12)19(22,23)24)10-28-15-8-7-14(20)16(17(15)21)18(25)27/h3,5-9,13,26H,2,4,10H2,1H3,(H2,25,27). The minimum atomic E-state index is -4.48. The molecule has 0 aliphatic rings. The average Bonchev–Trinajstić information content (AvgIpc) is 2.60. The molecule has 0 radical (unpaired) electrons. The molecule has 0 bridgehead atoms. The van der Waals surface area contributed by atoms with Crippen LogP contribution in [0.2, 0.25) is 0 Å². The van der Waals surface area contributed by atoms with Gasteiger partial charge in [0.1, 0.15) is 18.0 Å². The molecule has 1 atom stereocenters. The van der Waals surface area contributed by atoms with Crippen LogP contribution in [0.1, 0.15) is 35.7 Å². The molecule has 0 aliphatic heterocycles. The van der Waals surface area contributed by atoms with Crippen LogP contribution in [0.5, 0.6) is 5.75 Å². The van der Waals surface area contributed by atoms with Gasteiger partial charge in [0.15, 0.2) is 11.6 Å². The number of anilines is 1. The van der Waals surface area contributed by atoms with Crippen molar-refractivity contribution in [1.29, 1.82) is 0 Å². The van der Waals surface area contributed by atoms with Gasteiger partial charge in [0.05, 0.1) is 11.6 Å². The van der Waals surface area contributed by atoms with E-state index in [9.17, 15) is 26.7 Å². The van der Waals surface area contributed by atoms with Gasteiger partial charge in [0.25, 0.3) is 5.91 Å². The van der Waals surface area contributed by atoms with Crippen molar-refractivity contribution in [3.8, 4) is 5.75 Å². The molecule has 0 aliphatic carbocycles. The van der Waals surface area contributed by atoms with E-state index in [-0.39, 0.29) is 18.0 Å². The Kier molecular flexibility index (Phi) is 6.82. The number of hydrogen-bond donors (Lipinski definition) is 2. The van der Waals surface area contributed by atoms with Crippen LogP contribution in [-0.4, -0.2) is 18.6 Å². The van der Waals surface area contributed by atoms with E-state index >= 15 is 0 Å². The first kappa shape index (κ1) is 21.5. The minimum Gasteiger partial charge on any atom is -0.488 e. The monoisotopic (exact) mass is 402 g/mol. The zero-order valence-corrected chi connectivity index (χ0v) is 14.9. The number of rotatable bonds is 8. The SMILES string of the molecule is CCCC(COc1ccc(F)c(C(N)=O)c1F)Nc1cccc(C(F)(F)F)c1. The molecule has 0 fully saturated rings. The first-order valence-corrected chi connectivity index (χ1v) is 8.47. The van der Waals surface area contributed by atoms with Crippen molar-refractivity contribution >= 4 is 11.6 Å². The quantitative estimate of drug-likeness (QED) is 0.627. The molecule has 4 nitrogen and oxygen atoms in total. The largest absolute Gasteiger partial charge is 0.488 e. The molecule has 3 N–H and O–H groups in total. The summed E-state index contributed by atoms with van der Waals surface area (Å²) in [5.41, 5.74) is 3.48. The van der Waals surface area contributed by atoms with Crippen LogP contribution >= 0.6 is 0 Å². The van der Waals surface area contributed by atoms with Crippen LogP contribution in [0.25, 0.3) is 0 Å². The van der Waals surface area contributed by atoms with E-state index in [2.05, 4.69) is 5.32 Å². The molecule has 1 amide bonds. The number of hydrogen-bond acceptors (Lipinski definition) is 3. The average molecular weight is 402 g/mol. The van der Waals surface area contributed by atoms with Crippen molar-refractivity contribution < 1.29 is 31.5 Å². The maximum Gasteiger partial charge on any atom is 0.416 e. The molecular formula is C19H19F5N2O2. The van der Waals surface area contributed by atoms with Crippen LogP contribution < -0.4 is 15.8 Å². The second-order valence-corrected chi connectivity index (χ2v) is 6.12. The topological polar surface area (TPSA) is 64.3 Å². The Hall–Kier alpha value is -2.84. The van der Waals surface area contributed by atoms with Gasteiger partial charge in [-0.25, -0.2) is 8.78 Å². The van der Waals surface area contributed by atoms with Gasteiger partial charge in [-0.1, -0.05) is 19.4 Å². The van der Waals surface area contributed by atoms with Crippen LogP contribution in [0.15, 0.2) is 36.4 Å². The first-order chi connectivity index (χ1) is 13.1. The Balaban J connectivity index is 2.14. The van der Waals surface area contributed by atoms with Crippen LogP contribution in [0.4, 0.5) is 27.6 Å². The zero-order valence-electron chi connectivity index (χ0n) is 14.9.